The van der Waals surface area contributed by atoms with Crippen molar-refractivity contribution < 1.29 is 39.1 Å². The molecular formula is C31H38N6O8. The van der Waals surface area contributed by atoms with Crippen molar-refractivity contribution in [2.24, 2.45) is 0 Å². The summed E-state index contributed by atoms with van der Waals surface area (Å²) in [5.41, 5.74) is 2.54. The average molecular weight is 623 g/mol. The second-order valence-electron chi connectivity index (χ2n) is 10.9. The number of benzene rings is 2. The number of fused-ring (bicyclic) bond motifs is 1. The number of anilines is 1. The molecule has 45 heavy (non-hydrogen) atoms. The van der Waals surface area contributed by atoms with E-state index < -0.39 is 36.6 Å². The zero-order chi connectivity index (χ0) is 31.8. The van der Waals surface area contributed by atoms with Crippen molar-refractivity contribution in [2.75, 3.05) is 58.1 Å². The maximum atomic E-state index is 12.6. The molecule has 1 amide bonds. The van der Waals surface area contributed by atoms with Crippen molar-refractivity contribution in [1.29, 1.82) is 5.26 Å². The molecule has 2 saturated heterocycles. The molecule has 3 aromatic rings. The minimum absolute atomic E-state index is 0.00168. The first-order valence-electron chi connectivity index (χ1n) is 14.8. The highest BCUT2D eigenvalue weighted by molar-refractivity contribution is 6.02. The Bertz CT molecular complexity index is 1520. The predicted molar refractivity (Wildman–Crippen MR) is 162 cm³/mol. The maximum absolute atomic E-state index is 12.6. The molecule has 2 aliphatic rings. The SMILES string of the molecule is CO[C@H]1O[C@H](Cn2cc(CCOCCNC(=O)/C(C#N)=C/c3ccc4cc(N5CCOCC5)ccc4c3)nn2)[C@@H](O)[C@H](O)[C@H]1O. The van der Waals surface area contributed by atoms with Crippen LogP contribution in [0, 0.1) is 11.3 Å². The monoisotopic (exact) mass is 622 g/mol. The number of amides is 1. The van der Waals surface area contributed by atoms with Crippen molar-refractivity contribution in [3.63, 3.8) is 0 Å². The first-order valence-corrected chi connectivity index (χ1v) is 14.8. The van der Waals surface area contributed by atoms with Gasteiger partial charge in [-0.15, -0.1) is 5.10 Å². The number of aliphatic hydroxyl groups is 3. The van der Waals surface area contributed by atoms with E-state index in [2.05, 4.69) is 32.7 Å². The van der Waals surface area contributed by atoms with Gasteiger partial charge >= 0.3 is 0 Å². The summed E-state index contributed by atoms with van der Waals surface area (Å²) in [6.45, 7) is 4.03. The molecule has 0 unspecified atom stereocenters. The number of hydrogen-bond donors (Lipinski definition) is 4. The van der Waals surface area contributed by atoms with Gasteiger partial charge in [0, 0.05) is 45.0 Å². The van der Waals surface area contributed by atoms with Gasteiger partial charge in [0.05, 0.1) is 38.7 Å². The van der Waals surface area contributed by atoms with E-state index >= 15 is 0 Å². The summed E-state index contributed by atoms with van der Waals surface area (Å²) in [5.74, 6) is -0.479. The van der Waals surface area contributed by atoms with Gasteiger partial charge in [-0.1, -0.05) is 23.4 Å². The maximum Gasteiger partial charge on any atom is 0.262 e. The summed E-state index contributed by atoms with van der Waals surface area (Å²) < 4.78 is 23.1. The largest absolute Gasteiger partial charge is 0.388 e. The molecule has 5 atom stereocenters. The van der Waals surface area contributed by atoms with Crippen LogP contribution in [0.1, 0.15) is 11.3 Å². The van der Waals surface area contributed by atoms with Crippen molar-refractivity contribution in [2.45, 2.75) is 43.7 Å². The van der Waals surface area contributed by atoms with Crippen LogP contribution in [0.4, 0.5) is 5.69 Å². The molecule has 0 spiro atoms. The second-order valence-corrected chi connectivity index (χ2v) is 10.9. The Morgan fingerprint density at radius 3 is 2.67 bits per heavy atom. The smallest absolute Gasteiger partial charge is 0.262 e. The van der Waals surface area contributed by atoms with E-state index in [0.29, 0.717) is 18.7 Å². The molecule has 14 heteroatoms. The lowest BCUT2D eigenvalue weighted by molar-refractivity contribution is -0.292. The number of methoxy groups -OCH3 is 1. The van der Waals surface area contributed by atoms with Crippen molar-refractivity contribution in [1.82, 2.24) is 20.3 Å². The first kappa shape index (κ1) is 32.5. The van der Waals surface area contributed by atoms with Gasteiger partial charge < -0.3 is 44.5 Å². The van der Waals surface area contributed by atoms with Crippen molar-refractivity contribution >= 4 is 28.4 Å². The van der Waals surface area contributed by atoms with Gasteiger partial charge in [0.1, 0.15) is 36.1 Å². The van der Waals surface area contributed by atoms with E-state index in [1.807, 2.05) is 30.3 Å². The van der Waals surface area contributed by atoms with Crippen LogP contribution >= 0.6 is 0 Å². The fourth-order valence-corrected chi connectivity index (χ4v) is 5.27. The van der Waals surface area contributed by atoms with E-state index in [1.165, 1.54) is 11.8 Å². The number of nitrogens with one attached hydrogen (secondary N) is 1. The Kier molecular flexibility index (Phi) is 11.1. The third kappa shape index (κ3) is 8.21. The molecule has 2 aliphatic heterocycles. The molecule has 5 rings (SSSR count). The summed E-state index contributed by atoms with van der Waals surface area (Å²) in [7, 11) is 1.33. The molecule has 0 bridgehead atoms. The molecule has 1 aromatic heterocycles. The zero-order valence-electron chi connectivity index (χ0n) is 25.0. The number of nitrogens with zero attached hydrogens (tertiary/aromatic N) is 5. The van der Waals surface area contributed by atoms with Crippen LogP contribution in [0.3, 0.4) is 0 Å². The van der Waals surface area contributed by atoms with Gasteiger partial charge in [-0.05, 0) is 40.6 Å². The lowest BCUT2D eigenvalue weighted by Crippen LogP contribution is -2.58. The quantitative estimate of drug-likeness (QED) is 0.121. The second kappa shape index (κ2) is 15.4. The Morgan fingerprint density at radius 2 is 1.89 bits per heavy atom. The highest BCUT2D eigenvalue weighted by Crippen LogP contribution is 2.25. The number of rotatable bonds is 12. The third-order valence-electron chi connectivity index (χ3n) is 7.79. The minimum atomic E-state index is -1.42. The topological polar surface area (TPSA) is 184 Å². The molecule has 4 N–H and O–H groups in total. The molecule has 0 saturated carbocycles. The molecule has 2 aromatic carbocycles. The number of aliphatic hydroxyl groups excluding tert-OH is 3. The summed E-state index contributed by atoms with van der Waals surface area (Å²) in [4.78, 5) is 14.9. The Hall–Kier alpha value is -3.94. The average Bonchev–Trinajstić information content (AvgIpc) is 3.52. The summed E-state index contributed by atoms with van der Waals surface area (Å²) in [5, 5.41) is 52.7. The van der Waals surface area contributed by atoms with Crippen LogP contribution in [0.15, 0.2) is 48.2 Å². The van der Waals surface area contributed by atoms with Crippen LogP contribution in [0.25, 0.3) is 16.8 Å². The minimum Gasteiger partial charge on any atom is -0.388 e. The standard InChI is InChI=1S/C31H38N6O8/c1-42-31-29(40)28(39)27(38)26(45-31)19-37-18-24(34-35-37)6-10-43-11-7-33-30(41)23(17-32)15-20-2-3-22-16-25(5-4-21(22)14-20)36-8-12-44-13-9-36/h2-5,14-16,18,26-29,31,38-40H,6-13,19H2,1H3,(H,33,41)/b23-15+/t26-,27-,28+,29-,31+/m1/s1. The molecule has 0 aliphatic carbocycles. The number of carbonyl (C=O) groups is 1. The fourth-order valence-electron chi connectivity index (χ4n) is 5.27. The lowest BCUT2D eigenvalue weighted by Gasteiger charge is -2.39. The van der Waals surface area contributed by atoms with Crippen LogP contribution in [-0.4, -0.2) is 120 Å². The number of nitriles is 1. The Morgan fingerprint density at radius 1 is 1.11 bits per heavy atom. The van der Waals surface area contributed by atoms with E-state index in [1.54, 1.807) is 12.3 Å². The van der Waals surface area contributed by atoms with Gasteiger partial charge in [-0.3, -0.25) is 4.79 Å². The molecule has 14 nitrogen and oxygen atoms in total. The normalized spacial score (nSPS) is 24.0. The molecular weight excluding hydrogens is 584 g/mol. The highest BCUT2D eigenvalue weighted by Gasteiger charge is 2.44. The number of ether oxygens (including phenoxy) is 4. The Labute approximate surface area is 260 Å². The third-order valence-corrected chi connectivity index (χ3v) is 7.79. The fraction of sp³-hybridized carbons (Fsp3) is 0.484. The van der Waals surface area contributed by atoms with Gasteiger partial charge in [0.25, 0.3) is 5.91 Å². The highest BCUT2D eigenvalue weighted by atomic mass is 16.7. The Balaban J connectivity index is 1.04. The van der Waals surface area contributed by atoms with E-state index in [9.17, 15) is 25.4 Å². The lowest BCUT2D eigenvalue weighted by atomic mass is 9.99. The van der Waals surface area contributed by atoms with E-state index in [0.717, 1.165) is 48.3 Å². The van der Waals surface area contributed by atoms with E-state index in [-0.39, 0.29) is 25.3 Å². The molecule has 0 radical (unpaired) electrons. The van der Waals surface area contributed by atoms with Gasteiger partial charge in [0.2, 0.25) is 0 Å². The number of carbonyl (C=O) groups excluding carboxylic acids is 1. The summed E-state index contributed by atoms with van der Waals surface area (Å²) in [6, 6.07) is 14.1. The van der Waals surface area contributed by atoms with Crippen molar-refractivity contribution in [3.8, 4) is 6.07 Å². The predicted octanol–water partition coefficient (Wildman–Crippen LogP) is 0.00438. The summed E-state index contributed by atoms with van der Waals surface area (Å²) in [6.07, 6.45) is -2.34. The van der Waals surface area contributed by atoms with Crippen LogP contribution in [-0.2, 0) is 36.7 Å². The van der Waals surface area contributed by atoms with Gasteiger partial charge in [-0.25, -0.2) is 4.68 Å². The van der Waals surface area contributed by atoms with Crippen LogP contribution < -0.4 is 10.2 Å². The van der Waals surface area contributed by atoms with Crippen LogP contribution in [0.5, 0.6) is 0 Å². The first-order chi connectivity index (χ1) is 21.9. The van der Waals surface area contributed by atoms with Gasteiger partial charge in [-0.2, -0.15) is 5.26 Å². The molecule has 3 heterocycles. The van der Waals surface area contributed by atoms with Crippen molar-refractivity contribution in [3.05, 3.63) is 59.4 Å². The molecule has 2 fully saturated rings. The summed E-state index contributed by atoms with van der Waals surface area (Å²) >= 11 is 0. The zero-order valence-corrected chi connectivity index (χ0v) is 25.0. The number of hydrogen-bond acceptors (Lipinski definition) is 12. The molecule has 240 valence electrons. The van der Waals surface area contributed by atoms with Crippen LogP contribution in [0.2, 0.25) is 0 Å². The van der Waals surface area contributed by atoms with E-state index in [4.69, 9.17) is 18.9 Å². The van der Waals surface area contributed by atoms with Gasteiger partial charge in [0.15, 0.2) is 6.29 Å². The number of aromatic nitrogens is 3. The number of morpholine rings is 1.